The van der Waals surface area contributed by atoms with Crippen molar-refractivity contribution in [1.29, 1.82) is 5.26 Å². The molecule has 1 heterocycles. The molecular weight excluding hydrogens is 218 g/mol. The molecule has 0 atom stereocenters. The molecule has 0 radical (unpaired) electrons. The van der Waals surface area contributed by atoms with E-state index >= 15 is 0 Å². The second-order valence-electron chi connectivity index (χ2n) is 3.38. The number of aromatic nitrogens is 2. The van der Waals surface area contributed by atoms with Crippen LogP contribution in [0.1, 0.15) is 15.9 Å². The van der Waals surface area contributed by atoms with Gasteiger partial charge in [0.25, 0.3) is 5.91 Å². The van der Waals surface area contributed by atoms with Gasteiger partial charge in [-0.2, -0.15) is 10.4 Å². The lowest BCUT2D eigenvalue weighted by atomic mass is 10.2. The molecule has 6 nitrogen and oxygen atoms in total. The minimum absolute atomic E-state index is 0.175. The van der Waals surface area contributed by atoms with E-state index in [2.05, 4.69) is 5.10 Å². The van der Waals surface area contributed by atoms with E-state index in [1.807, 2.05) is 6.07 Å². The number of nitrogens with zero attached hydrogens (tertiary/aromatic N) is 3. The maximum absolute atomic E-state index is 11.0. The molecule has 0 unspecified atom stereocenters. The summed E-state index contributed by atoms with van der Waals surface area (Å²) in [4.78, 5) is 11.0. The zero-order valence-corrected chi connectivity index (χ0v) is 8.79. The number of primary amides is 1. The largest absolute Gasteiger partial charge is 0.383 e. The first-order valence-corrected chi connectivity index (χ1v) is 4.77. The van der Waals surface area contributed by atoms with E-state index in [0.29, 0.717) is 11.3 Å². The average Bonchev–Trinajstić information content (AvgIpc) is 2.71. The second-order valence-corrected chi connectivity index (χ2v) is 3.38. The predicted molar refractivity (Wildman–Crippen MR) is 61.2 cm³/mol. The van der Waals surface area contributed by atoms with Gasteiger partial charge in [0.1, 0.15) is 11.4 Å². The van der Waals surface area contributed by atoms with Gasteiger partial charge in [-0.1, -0.05) is 0 Å². The predicted octanol–water partition coefficient (Wildman–Crippen LogP) is 0.425. The molecule has 0 saturated carbocycles. The number of nitriles is 1. The van der Waals surface area contributed by atoms with Crippen LogP contribution < -0.4 is 11.5 Å². The van der Waals surface area contributed by atoms with Gasteiger partial charge in [0.15, 0.2) is 0 Å². The van der Waals surface area contributed by atoms with Crippen LogP contribution in [0.4, 0.5) is 5.82 Å². The van der Waals surface area contributed by atoms with Crippen LogP contribution in [0.5, 0.6) is 0 Å². The lowest BCUT2D eigenvalue weighted by Gasteiger charge is -2.04. The number of nitrogens with two attached hydrogens (primary N) is 2. The Morgan fingerprint density at radius 3 is 2.47 bits per heavy atom. The third kappa shape index (κ3) is 1.81. The van der Waals surface area contributed by atoms with Gasteiger partial charge in [0, 0.05) is 0 Å². The van der Waals surface area contributed by atoms with E-state index in [-0.39, 0.29) is 11.4 Å². The molecule has 0 fully saturated rings. The van der Waals surface area contributed by atoms with Crippen LogP contribution in [-0.4, -0.2) is 15.7 Å². The van der Waals surface area contributed by atoms with Gasteiger partial charge < -0.3 is 11.5 Å². The number of carbonyl (C=O) groups excluding carboxylic acids is 1. The lowest BCUT2D eigenvalue weighted by Crippen LogP contribution is -2.13. The van der Waals surface area contributed by atoms with Crippen LogP contribution in [0, 0.1) is 11.3 Å². The smallest absolute Gasteiger partial charge is 0.254 e. The fourth-order valence-electron chi connectivity index (χ4n) is 1.43. The Hall–Kier alpha value is -2.81. The first kappa shape index (κ1) is 10.7. The zero-order chi connectivity index (χ0) is 12.4. The summed E-state index contributed by atoms with van der Waals surface area (Å²) in [5.74, 6) is -0.440. The van der Waals surface area contributed by atoms with Gasteiger partial charge >= 0.3 is 0 Å². The molecule has 2 rings (SSSR count). The minimum atomic E-state index is -0.623. The van der Waals surface area contributed by atoms with E-state index in [1.165, 1.54) is 10.9 Å². The van der Waals surface area contributed by atoms with Gasteiger partial charge in [0.05, 0.1) is 23.5 Å². The maximum atomic E-state index is 11.0. The summed E-state index contributed by atoms with van der Waals surface area (Å²) >= 11 is 0. The number of anilines is 1. The number of hydrogen-bond donors (Lipinski definition) is 2. The Morgan fingerprint density at radius 2 is 2.00 bits per heavy atom. The molecule has 0 aliphatic rings. The number of carbonyl (C=O) groups is 1. The van der Waals surface area contributed by atoms with Crippen LogP contribution in [0.15, 0.2) is 30.5 Å². The minimum Gasteiger partial charge on any atom is -0.383 e. The van der Waals surface area contributed by atoms with Crippen LogP contribution in [-0.2, 0) is 0 Å². The van der Waals surface area contributed by atoms with E-state index in [1.54, 1.807) is 24.3 Å². The van der Waals surface area contributed by atoms with Gasteiger partial charge in [-0.15, -0.1) is 0 Å². The summed E-state index contributed by atoms with van der Waals surface area (Å²) in [6.45, 7) is 0. The number of nitrogen functional groups attached to an aromatic ring is 1. The highest BCUT2D eigenvalue weighted by Gasteiger charge is 2.12. The van der Waals surface area contributed by atoms with Gasteiger partial charge in [-0.05, 0) is 24.3 Å². The van der Waals surface area contributed by atoms with Crippen molar-refractivity contribution in [1.82, 2.24) is 9.78 Å². The molecule has 6 heteroatoms. The highest BCUT2D eigenvalue weighted by molar-refractivity contribution is 5.97. The molecule has 4 N–H and O–H groups in total. The molecule has 1 amide bonds. The monoisotopic (exact) mass is 227 g/mol. The molecule has 0 saturated heterocycles. The Bertz CT molecular complexity index is 606. The Morgan fingerprint density at radius 1 is 1.35 bits per heavy atom. The number of amides is 1. The second kappa shape index (κ2) is 3.98. The topological polar surface area (TPSA) is 111 Å². The van der Waals surface area contributed by atoms with E-state index in [0.717, 1.165) is 0 Å². The number of hydrogen-bond acceptors (Lipinski definition) is 4. The number of benzene rings is 1. The lowest BCUT2D eigenvalue weighted by molar-refractivity contribution is 0.100. The van der Waals surface area contributed by atoms with Crippen molar-refractivity contribution in [2.45, 2.75) is 0 Å². The summed E-state index contributed by atoms with van der Waals surface area (Å²) in [5.41, 5.74) is 12.3. The molecule has 0 aliphatic carbocycles. The summed E-state index contributed by atoms with van der Waals surface area (Å²) in [6.07, 6.45) is 1.32. The van der Waals surface area contributed by atoms with Crippen molar-refractivity contribution in [3.8, 4) is 11.8 Å². The van der Waals surface area contributed by atoms with E-state index < -0.39 is 5.91 Å². The fourth-order valence-corrected chi connectivity index (χ4v) is 1.43. The SMILES string of the molecule is N#Cc1ccc(-n2ncc(C(N)=O)c2N)cc1. The van der Waals surface area contributed by atoms with Crippen molar-refractivity contribution in [2.24, 2.45) is 5.73 Å². The maximum Gasteiger partial charge on any atom is 0.254 e. The first-order valence-electron chi connectivity index (χ1n) is 4.77. The quantitative estimate of drug-likeness (QED) is 0.774. The Balaban J connectivity index is 2.47. The third-order valence-corrected chi connectivity index (χ3v) is 2.31. The molecule has 1 aromatic carbocycles. The normalized spacial score (nSPS) is 9.82. The fraction of sp³-hybridized carbons (Fsp3) is 0. The van der Waals surface area contributed by atoms with Crippen LogP contribution in [0.2, 0.25) is 0 Å². The van der Waals surface area contributed by atoms with Gasteiger partial charge in [0.2, 0.25) is 0 Å². The molecule has 0 bridgehead atoms. The van der Waals surface area contributed by atoms with E-state index in [9.17, 15) is 4.79 Å². The molecule has 84 valence electrons. The number of rotatable bonds is 2. The summed E-state index contributed by atoms with van der Waals surface area (Å²) in [6, 6.07) is 8.66. The van der Waals surface area contributed by atoms with Crippen molar-refractivity contribution in [3.63, 3.8) is 0 Å². The third-order valence-electron chi connectivity index (χ3n) is 2.31. The van der Waals surface area contributed by atoms with Crippen LogP contribution in [0.3, 0.4) is 0 Å². The molecule has 1 aromatic heterocycles. The summed E-state index contributed by atoms with van der Waals surface area (Å²) in [5, 5.41) is 12.6. The molecule has 2 aromatic rings. The first-order chi connectivity index (χ1) is 8.13. The standard InChI is InChI=1S/C11H9N5O/c12-5-7-1-3-8(4-2-7)16-10(13)9(6-15-16)11(14)17/h1-4,6H,13H2,(H2,14,17). The van der Waals surface area contributed by atoms with Crippen molar-refractivity contribution < 1.29 is 4.79 Å². The summed E-state index contributed by atoms with van der Waals surface area (Å²) < 4.78 is 1.39. The van der Waals surface area contributed by atoms with Gasteiger partial charge in [-0.3, -0.25) is 4.79 Å². The molecule has 17 heavy (non-hydrogen) atoms. The van der Waals surface area contributed by atoms with Crippen LogP contribution >= 0.6 is 0 Å². The molecular formula is C11H9N5O. The molecule has 0 aliphatic heterocycles. The highest BCUT2D eigenvalue weighted by atomic mass is 16.1. The highest BCUT2D eigenvalue weighted by Crippen LogP contribution is 2.16. The Labute approximate surface area is 97.1 Å². The molecule has 0 spiro atoms. The van der Waals surface area contributed by atoms with Crippen LogP contribution in [0.25, 0.3) is 5.69 Å². The van der Waals surface area contributed by atoms with Crippen molar-refractivity contribution >= 4 is 11.7 Å². The van der Waals surface area contributed by atoms with E-state index in [4.69, 9.17) is 16.7 Å². The van der Waals surface area contributed by atoms with Gasteiger partial charge in [-0.25, -0.2) is 4.68 Å². The van der Waals surface area contributed by atoms with Crippen molar-refractivity contribution in [3.05, 3.63) is 41.6 Å². The zero-order valence-electron chi connectivity index (χ0n) is 8.79. The summed E-state index contributed by atoms with van der Waals surface area (Å²) in [7, 11) is 0. The average molecular weight is 227 g/mol. The Kier molecular flexibility index (Phi) is 2.51. The van der Waals surface area contributed by atoms with Crippen molar-refractivity contribution in [2.75, 3.05) is 5.73 Å².